The van der Waals surface area contributed by atoms with Gasteiger partial charge in [-0.05, 0) is 69.6 Å². The van der Waals surface area contributed by atoms with E-state index < -0.39 is 98.7 Å². The number of fused-ring (bicyclic) bond motifs is 3. The minimum absolute atomic E-state index is 0.124. The van der Waals surface area contributed by atoms with Gasteiger partial charge in [-0.3, -0.25) is 24.2 Å². The molecule has 224 valence electrons. The van der Waals surface area contributed by atoms with Crippen molar-refractivity contribution < 1.29 is 48.0 Å². The molecular weight excluding hydrogens is 547 g/mol. The van der Waals surface area contributed by atoms with Gasteiger partial charge in [0.25, 0.3) is 5.91 Å². The number of likely N-dealkylation sites (N-methyl/N-ethyl adjacent to an activating group) is 1. The number of phenolic OH excluding ortho intramolecular Hbond substituents is 1. The van der Waals surface area contributed by atoms with Gasteiger partial charge in [0.15, 0.2) is 11.4 Å². The maximum atomic E-state index is 14.6. The summed E-state index contributed by atoms with van der Waals surface area (Å²) in [5.74, 6) is -8.99. The predicted molar refractivity (Wildman–Crippen MR) is 140 cm³/mol. The van der Waals surface area contributed by atoms with Crippen molar-refractivity contribution in [1.29, 1.82) is 0 Å². The lowest BCUT2D eigenvalue weighted by Crippen LogP contribution is -2.63. The maximum absolute atomic E-state index is 14.6. The van der Waals surface area contributed by atoms with Gasteiger partial charge in [-0.2, -0.15) is 13.2 Å². The van der Waals surface area contributed by atoms with Crippen LogP contribution in [0.3, 0.4) is 0 Å². The number of hydrogen-bond acceptors (Lipinski definition) is 9. The lowest BCUT2D eigenvalue weighted by Gasteiger charge is -2.50. The van der Waals surface area contributed by atoms with Crippen LogP contribution in [0.5, 0.6) is 5.75 Å². The summed E-state index contributed by atoms with van der Waals surface area (Å²) in [6.45, 7) is 4.53. The number of aromatic hydroxyl groups is 1. The molecule has 6 N–H and O–H groups in total. The maximum Gasteiger partial charge on any atom is 0.417 e. The molecular formula is C28H34F3N3O7. The Balaban J connectivity index is 1.96. The van der Waals surface area contributed by atoms with Gasteiger partial charge in [-0.25, -0.2) is 0 Å². The fourth-order valence-electron chi connectivity index (χ4n) is 6.77. The van der Waals surface area contributed by atoms with Gasteiger partial charge in [0.1, 0.15) is 22.8 Å². The second-order valence-corrected chi connectivity index (χ2v) is 11.1. The summed E-state index contributed by atoms with van der Waals surface area (Å²) < 4.78 is 43.8. The highest BCUT2D eigenvalue weighted by Crippen LogP contribution is 2.53. The van der Waals surface area contributed by atoms with Crippen LogP contribution in [0.25, 0.3) is 0 Å². The minimum Gasteiger partial charge on any atom is -0.510 e. The average Bonchev–Trinajstić information content (AvgIpc) is 2.84. The number of phenols is 1. The standard InChI is InChI=1S/C28H34F3N3O7/c1-5-7-34(6-2)11-13-10-16(35)18-14(20(13)28(29,30)31)8-12-9-15-21(33(3)4)23(37)19(26(32)40)25(39)27(15,41)24(38)17(12)22(18)36/h10,12,15,21,35,37-38,41H,5-9,11H2,1-4H3,(H2,32,40)/t12-,15-,21-,27-/m0/s1. The summed E-state index contributed by atoms with van der Waals surface area (Å²) in [5.41, 5.74) is -1.39. The van der Waals surface area contributed by atoms with Gasteiger partial charge in [0.2, 0.25) is 5.78 Å². The highest BCUT2D eigenvalue weighted by Gasteiger charge is 2.63. The molecule has 0 saturated carbocycles. The fraction of sp³-hybridized carbons (Fsp3) is 0.536. The van der Waals surface area contributed by atoms with Gasteiger partial charge < -0.3 is 26.2 Å². The van der Waals surface area contributed by atoms with Crippen LogP contribution in [0.1, 0.15) is 53.7 Å². The van der Waals surface area contributed by atoms with E-state index in [2.05, 4.69) is 0 Å². The van der Waals surface area contributed by atoms with Crippen molar-refractivity contribution in [2.24, 2.45) is 17.6 Å². The number of carbonyl (C=O) groups is 3. The molecule has 0 unspecified atom stereocenters. The smallest absolute Gasteiger partial charge is 0.417 e. The molecule has 0 radical (unpaired) electrons. The zero-order chi connectivity index (χ0) is 30.8. The largest absolute Gasteiger partial charge is 0.510 e. The van der Waals surface area contributed by atoms with Gasteiger partial charge in [0.05, 0.1) is 17.2 Å². The number of aliphatic hydroxyl groups is 3. The minimum atomic E-state index is -4.89. The number of hydrogen-bond donors (Lipinski definition) is 5. The molecule has 4 atom stereocenters. The molecule has 3 aliphatic rings. The highest BCUT2D eigenvalue weighted by molar-refractivity contribution is 6.24. The molecule has 1 amide bonds. The summed E-state index contributed by atoms with van der Waals surface area (Å²) in [5, 5.41) is 44.6. The molecule has 0 aromatic heterocycles. The number of Topliss-reactive ketones (excluding diaryl/α,β-unsaturated/α-hetero) is 2. The van der Waals surface area contributed by atoms with Crippen LogP contribution in [-0.4, -0.2) is 86.5 Å². The SMILES string of the molecule is CCCN(CC)Cc1cc(O)c2c(c1C(F)(F)F)C[C@H]1C[C@H]3[C@H](N(C)C)C(O)=C(C(N)=O)C(=O)[C@@]3(O)C(O)=C1C2=O. The summed E-state index contributed by atoms with van der Waals surface area (Å²) >= 11 is 0. The second-order valence-electron chi connectivity index (χ2n) is 11.1. The number of nitrogens with zero attached hydrogens (tertiary/aromatic N) is 2. The third kappa shape index (κ3) is 4.59. The number of alkyl halides is 3. The Hall–Kier alpha value is -3.42. The van der Waals surface area contributed by atoms with E-state index in [1.807, 2.05) is 6.92 Å². The van der Waals surface area contributed by atoms with E-state index in [1.165, 1.54) is 19.0 Å². The lowest BCUT2D eigenvalue weighted by molar-refractivity contribution is -0.148. The molecule has 0 spiro atoms. The van der Waals surface area contributed by atoms with Gasteiger partial charge in [0, 0.05) is 18.0 Å². The Morgan fingerprint density at radius 1 is 1.17 bits per heavy atom. The average molecular weight is 582 g/mol. The Bertz CT molecular complexity index is 1380. The number of primary amides is 1. The Kier molecular flexibility index (Phi) is 7.78. The van der Waals surface area contributed by atoms with E-state index in [0.29, 0.717) is 19.5 Å². The third-order valence-corrected chi connectivity index (χ3v) is 8.47. The van der Waals surface area contributed by atoms with Crippen LogP contribution < -0.4 is 5.73 Å². The van der Waals surface area contributed by atoms with Crippen LogP contribution in [0.4, 0.5) is 13.2 Å². The zero-order valence-corrected chi connectivity index (χ0v) is 23.2. The van der Waals surface area contributed by atoms with Crippen LogP contribution >= 0.6 is 0 Å². The van der Waals surface area contributed by atoms with E-state index in [-0.39, 0.29) is 18.5 Å². The first-order valence-corrected chi connectivity index (χ1v) is 13.3. The zero-order valence-electron chi connectivity index (χ0n) is 23.2. The van der Waals surface area contributed by atoms with Gasteiger partial charge in [-0.1, -0.05) is 13.8 Å². The first-order valence-electron chi connectivity index (χ1n) is 13.3. The number of ketones is 2. The lowest BCUT2D eigenvalue weighted by atomic mass is 9.58. The molecule has 41 heavy (non-hydrogen) atoms. The van der Waals surface area contributed by atoms with Crippen LogP contribution in [0, 0.1) is 11.8 Å². The van der Waals surface area contributed by atoms with Crippen molar-refractivity contribution >= 4 is 17.5 Å². The Labute approximate surface area is 234 Å². The van der Waals surface area contributed by atoms with Crippen molar-refractivity contribution in [2.75, 3.05) is 27.2 Å². The molecule has 13 heteroatoms. The Morgan fingerprint density at radius 2 is 1.80 bits per heavy atom. The van der Waals surface area contributed by atoms with E-state index in [9.17, 15) is 48.0 Å². The molecule has 10 nitrogen and oxygen atoms in total. The molecule has 0 aliphatic heterocycles. The van der Waals surface area contributed by atoms with Crippen molar-refractivity contribution in [3.63, 3.8) is 0 Å². The Morgan fingerprint density at radius 3 is 2.32 bits per heavy atom. The summed E-state index contributed by atoms with van der Waals surface area (Å²) in [4.78, 5) is 42.3. The summed E-state index contributed by atoms with van der Waals surface area (Å²) in [6.07, 6.45) is -4.94. The predicted octanol–water partition coefficient (Wildman–Crippen LogP) is 2.37. The molecule has 0 bridgehead atoms. The van der Waals surface area contributed by atoms with Gasteiger partial charge >= 0.3 is 6.18 Å². The fourth-order valence-corrected chi connectivity index (χ4v) is 6.77. The van der Waals surface area contributed by atoms with Crippen LogP contribution in [0.2, 0.25) is 0 Å². The van der Waals surface area contributed by atoms with Crippen molar-refractivity contribution in [3.8, 4) is 5.75 Å². The van der Waals surface area contributed by atoms with Gasteiger partial charge in [-0.15, -0.1) is 0 Å². The van der Waals surface area contributed by atoms with E-state index in [1.54, 1.807) is 11.8 Å². The second kappa shape index (κ2) is 10.4. The number of nitrogens with two attached hydrogens (primary N) is 1. The molecule has 1 aromatic rings. The first-order chi connectivity index (χ1) is 19.0. The number of allylic oxidation sites excluding steroid dienone is 1. The molecule has 1 aromatic carbocycles. The number of carbonyl (C=O) groups excluding carboxylic acids is 3. The van der Waals surface area contributed by atoms with E-state index >= 15 is 0 Å². The number of benzene rings is 1. The quantitative estimate of drug-likeness (QED) is 0.304. The summed E-state index contributed by atoms with van der Waals surface area (Å²) in [7, 11) is 2.93. The van der Waals surface area contributed by atoms with Crippen LogP contribution in [0.15, 0.2) is 28.7 Å². The number of halogens is 3. The van der Waals surface area contributed by atoms with E-state index in [4.69, 9.17) is 5.73 Å². The molecule has 0 fully saturated rings. The number of aliphatic hydroxyl groups excluding tert-OH is 2. The van der Waals surface area contributed by atoms with Crippen molar-refractivity contribution in [3.05, 3.63) is 51.0 Å². The normalized spacial score (nSPS) is 26.4. The monoisotopic (exact) mass is 581 g/mol. The number of rotatable bonds is 7. The third-order valence-electron chi connectivity index (χ3n) is 8.47. The van der Waals surface area contributed by atoms with E-state index in [0.717, 1.165) is 6.07 Å². The topological polar surface area (TPSA) is 165 Å². The molecule has 0 saturated heterocycles. The van der Waals surface area contributed by atoms with Crippen molar-refractivity contribution in [1.82, 2.24) is 9.80 Å². The molecule has 0 heterocycles. The van der Waals surface area contributed by atoms with Crippen molar-refractivity contribution in [2.45, 2.75) is 57.5 Å². The van der Waals surface area contributed by atoms with Crippen LogP contribution in [-0.2, 0) is 28.7 Å². The molecule has 4 rings (SSSR count). The first kappa shape index (κ1) is 30.5. The number of amides is 1. The molecule has 3 aliphatic carbocycles. The highest BCUT2D eigenvalue weighted by atomic mass is 19.4. The summed E-state index contributed by atoms with van der Waals surface area (Å²) in [6, 6.07) is -0.343.